The van der Waals surface area contributed by atoms with E-state index >= 15 is 0 Å². The van der Waals surface area contributed by atoms with Crippen LogP contribution in [0.4, 0.5) is 0 Å². The molecular formula is C20H26O7. The summed E-state index contributed by atoms with van der Waals surface area (Å²) >= 11 is 0. The molecule has 1 aromatic carbocycles. The first-order valence-corrected chi connectivity index (χ1v) is 8.92. The highest BCUT2D eigenvalue weighted by Crippen LogP contribution is 2.31. The molecule has 7 nitrogen and oxygen atoms in total. The fourth-order valence-corrected chi connectivity index (χ4v) is 2.87. The molecule has 2 rings (SSSR count). The zero-order valence-electron chi connectivity index (χ0n) is 15.7. The van der Waals surface area contributed by atoms with Crippen LogP contribution in [0.5, 0.6) is 11.5 Å². The molecule has 148 valence electrons. The van der Waals surface area contributed by atoms with Crippen molar-refractivity contribution < 1.29 is 34.4 Å². The van der Waals surface area contributed by atoms with Gasteiger partial charge in [0, 0.05) is 12.5 Å². The minimum Gasteiger partial charge on any atom is -0.507 e. The van der Waals surface area contributed by atoms with Gasteiger partial charge in [0.25, 0.3) is 0 Å². The molecule has 0 aliphatic carbocycles. The number of cyclic esters (lactones) is 1. The quantitative estimate of drug-likeness (QED) is 0.641. The second-order valence-electron chi connectivity index (χ2n) is 6.85. The standard InChI is InChI=1S/C20H26O7/c1-11-7-8-16(22)19(24)15(21)6-4-5-13-9-14(26-3)10-17(23)18(13)20(25)27-12(11)2/h4-5,9-12,15,19,21,23-24H,6-8H2,1-3H3/b5-4+/t11-,12-,15+,19+/m1/s1. The first-order valence-electron chi connectivity index (χ1n) is 8.92. The van der Waals surface area contributed by atoms with Gasteiger partial charge in [0.05, 0.1) is 13.2 Å². The highest BCUT2D eigenvalue weighted by Gasteiger charge is 2.27. The maximum absolute atomic E-state index is 12.6. The molecule has 0 spiro atoms. The number of aliphatic hydroxyl groups is 2. The number of hydrogen-bond donors (Lipinski definition) is 3. The van der Waals surface area contributed by atoms with E-state index in [1.807, 2.05) is 6.92 Å². The summed E-state index contributed by atoms with van der Waals surface area (Å²) in [4.78, 5) is 24.7. The fourth-order valence-electron chi connectivity index (χ4n) is 2.87. The van der Waals surface area contributed by atoms with Crippen molar-refractivity contribution in [1.29, 1.82) is 0 Å². The largest absolute Gasteiger partial charge is 0.507 e. The number of ether oxygens (including phenoxy) is 2. The van der Waals surface area contributed by atoms with Crippen molar-refractivity contribution in [1.82, 2.24) is 0 Å². The van der Waals surface area contributed by atoms with Gasteiger partial charge in [-0.25, -0.2) is 4.79 Å². The Morgan fingerprint density at radius 2 is 1.89 bits per heavy atom. The summed E-state index contributed by atoms with van der Waals surface area (Å²) in [5.41, 5.74) is 0.344. The van der Waals surface area contributed by atoms with E-state index in [0.29, 0.717) is 17.7 Å². The fraction of sp³-hybridized carbons (Fsp3) is 0.500. The van der Waals surface area contributed by atoms with Crippen molar-refractivity contribution in [2.24, 2.45) is 5.92 Å². The SMILES string of the molecule is COc1cc(O)c2c(c1)/C=C/C[C@H](O)[C@H](O)C(=O)CC[C@@H](C)[C@@H](C)OC2=O. The van der Waals surface area contributed by atoms with E-state index in [4.69, 9.17) is 9.47 Å². The number of aromatic hydroxyl groups is 1. The van der Waals surface area contributed by atoms with Crippen LogP contribution in [-0.2, 0) is 9.53 Å². The van der Waals surface area contributed by atoms with Crippen molar-refractivity contribution in [3.63, 3.8) is 0 Å². The zero-order valence-corrected chi connectivity index (χ0v) is 15.7. The van der Waals surface area contributed by atoms with Crippen LogP contribution >= 0.6 is 0 Å². The Morgan fingerprint density at radius 3 is 2.56 bits per heavy atom. The first kappa shape index (κ1) is 20.9. The number of carbonyl (C=O) groups excluding carboxylic acids is 2. The van der Waals surface area contributed by atoms with Crippen LogP contribution in [0, 0.1) is 5.92 Å². The first-order chi connectivity index (χ1) is 12.7. The molecule has 1 heterocycles. The number of Topliss-reactive ketones (excluding diaryl/α,β-unsaturated/α-hetero) is 1. The lowest BCUT2D eigenvalue weighted by atomic mass is 9.94. The summed E-state index contributed by atoms with van der Waals surface area (Å²) in [6, 6.07) is 2.88. The van der Waals surface area contributed by atoms with Crippen LogP contribution in [-0.4, -0.2) is 52.5 Å². The number of rotatable bonds is 1. The van der Waals surface area contributed by atoms with Gasteiger partial charge in [0.1, 0.15) is 29.3 Å². The van der Waals surface area contributed by atoms with Crippen molar-refractivity contribution in [2.45, 2.75) is 51.4 Å². The Hall–Kier alpha value is -2.38. The summed E-state index contributed by atoms with van der Waals surface area (Å²) in [6.07, 6.45) is 0.278. The van der Waals surface area contributed by atoms with Gasteiger partial charge in [-0.15, -0.1) is 0 Å². The van der Waals surface area contributed by atoms with E-state index in [2.05, 4.69) is 0 Å². The Kier molecular flexibility index (Phi) is 6.98. The number of ketones is 1. The predicted octanol–water partition coefficient (Wildman–Crippen LogP) is 2.07. The number of phenolic OH excluding ortho intramolecular Hbond substituents is 1. The van der Waals surface area contributed by atoms with Crippen molar-refractivity contribution in [3.05, 3.63) is 29.3 Å². The second-order valence-corrected chi connectivity index (χ2v) is 6.85. The maximum Gasteiger partial charge on any atom is 0.342 e. The molecule has 0 radical (unpaired) electrons. The Morgan fingerprint density at radius 1 is 1.19 bits per heavy atom. The molecule has 0 aromatic heterocycles. The van der Waals surface area contributed by atoms with Gasteiger partial charge in [0.2, 0.25) is 0 Å². The third kappa shape index (κ3) is 5.08. The minimum atomic E-state index is -1.47. The molecule has 0 unspecified atom stereocenters. The summed E-state index contributed by atoms with van der Waals surface area (Å²) < 4.78 is 10.6. The van der Waals surface area contributed by atoms with Gasteiger partial charge in [-0.05, 0) is 37.3 Å². The number of aliphatic hydroxyl groups excluding tert-OH is 2. The van der Waals surface area contributed by atoms with Crippen molar-refractivity contribution >= 4 is 17.8 Å². The van der Waals surface area contributed by atoms with E-state index in [1.54, 1.807) is 13.0 Å². The van der Waals surface area contributed by atoms with Gasteiger partial charge in [-0.3, -0.25) is 4.79 Å². The molecule has 0 saturated carbocycles. The van der Waals surface area contributed by atoms with Crippen molar-refractivity contribution in [3.8, 4) is 11.5 Å². The Bertz CT molecular complexity index is 725. The summed E-state index contributed by atoms with van der Waals surface area (Å²) in [5.74, 6) is -1.20. The highest BCUT2D eigenvalue weighted by atomic mass is 16.5. The average molecular weight is 378 g/mol. The lowest BCUT2D eigenvalue weighted by molar-refractivity contribution is -0.133. The van der Waals surface area contributed by atoms with Crippen molar-refractivity contribution in [2.75, 3.05) is 7.11 Å². The van der Waals surface area contributed by atoms with Gasteiger partial charge < -0.3 is 24.8 Å². The summed E-state index contributed by atoms with van der Waals surface area (Å²) in [7, 11) is 1.43. The molecule has 1 aromatic rings. The van der Waals surface area contributed by atoms with Crippen LogP contribution in [0.15, 0.2) is 18.2 Å². The van der Waals surface area contributed by atoms with E-state index in [0.717, 1.165) is 0 Å². The Balaban J connectivity index is 2.45. The number of methoxy groups -OCH3 is 1. The van der Waals surface area contributed by atoms with Crippen LogP contribution in [0.3, 0.4) is 0 Å². The van der Waals surface area contributed by atoms with Gasteiger partial charge >= 0.3 is 5.97 Å². The molecule has 3 N–H and O–H groups in total. The molecular weight excluding hydrogens is 352 g/mol. The lowest BCUT2D eigenvalue weighted by Crippen LogP contribution is -2.34. The van der Waals surface area contributed by atoms with Crippen LogP contribution < -0.4 is 4.74 Å². The summed E-state index contributed by atoms with van der Waals surface area (Å²) in [6.45, 7) is 3.54. The maximum atomic E-state index is 12.6. The Labute approximate surface area is 158 Å². The van der Waals surface area contributed by atoms with Gasteiger partial charge in [0.15, 0.2) is 5.78 Å². The zero-order chi connectivity index (χ0) is 20.1. The normalized spacial score (nSPS) is 28.6. The highest BCUT2D eigenvalue weighted by molar-refractivity contribution is 5.97. The summed E-state index contributed by atoms with van der Waals surface area (Å²) in [5, 5.41) is 30.3. The second kappa shape index (κ2) is 9.01. The van der Waals surface area contributed by atoms with Crippen LogP contribution in [0.25, 0.3) is 6.08 Å². The molecule has 0 saturated heterocycles. The minimum absolute atomic E-state index is 0.00528. The number of esters is 1. The molecule has 7 heteroatoms. The molecule has 4 atom stereocenters. The number of fused-ring (bicyclic) bond motifs is 1. The number of carbonyl (C=O) groups is 2. The molecule has 0 bridgehead atoms. The molecule has 0 fully saturated rings. The van der Waals surface area contributed by atoms with E-state index < -0.39 is 30.1 Å². The van der Waals surface area contributed by atoms with Crippen LogP contribution in [0.2, 0.25) is 0 Å². The topological polar surface area (TPSA) is 113 Å². The number of benzene rings is 1. The van der Waals surface area contributed by atoms with E-state index in [1.165, 1.54) is 25.3 Å². The van der Waals surface area contributed by atoms with Gasteiger partial charge in [-0.1, -0.05) is 19.1 Å². The average Bonchev–Trinajstić information content (AvgIpc) is 2.63. The third-order valence-corrected chi connectivity index (χ3v) is 4.87. The monoisotopic (exact) mass is 378 g/mol. The van der Waals surface area contributed by atoms with Crippen LogP contribution in [0.1, 0.15) is 49.0 Å². The third-order valence-electron chi connectivity index (χ3n) is 4.87. The molecule has 1 aliphatic rings. The number of hydrogen-bond acceptors (Lipinski definition) is 7. The van der Waals surface area contributed by atoms with E-state index in [-0.39, 0.29) is 30.1 Å². The van der Waals surface area contributed by atoms with Gasteiger partial charge in [-0.2, -0.15) is 0 Å². The predicted molar refractivity (Wildman–Crippen MR) is 98.6 cm³/mol. The number of phenols is 1. The molecule has 0 amide bonds. The lowest BCUT2D eigenvalue weighted by Gasteiger charge is -2.22. The molecule has 1 aliphatic heterocycles. The van der Waals surface area contributed by atoms with E-state index in [9.17, 15) is 24.9 Å². The molecule has 27 heavy (non-hydrogen) atoms. The smallest absolute Gasteiger partial charge is 0.342 e.